The first kappa shape index (κ1) is 23.9. The Labute approximate surface area is 171 Å². The summed E-state index contributed by atoms with van der Waals surface area (Å²) in [5.74, 6) is 0.667. The standard InChI is InChI=1S/C16H28ClN3O2S.HI/c1-6-18-15(20-10-13(22-5)16(2,3)4)19-9-11(21)12-7-8-14(17)23-12;/h7-8,11,13,21H,6,9-10H2,1-5H3,(H2,18,19,20);1H. The van der Waals surface area contributed by atoms with Crippen molar-refractivity contribution in [2.75, 3.05) is 26.7 Å². The molecule has 0 saturated heterocycles. The molecule has 0 bridgehead atoms. The molecular formula is C16H29ClIN3O2S. The minimum atomic E-state index is -0.614. The van der Waals surface area contributed by atoms with Gasteiger partial charge >= 0.3 is 0 Å². The van der Waals surface area contributed by atoms with Gasteiger partial charge in [-0.1, -0.05) is 32.4 Å². The molecule has 0 aliphatic heterocycles. The van der Waals surface area contributed by atoms with Crippen LogP contribution in [0, 0.1) is 5.41 Å². The van der Waals surface area contributed by atoms with Crippen molar-refractivity contribution in [2.45, 2.75) is 39.9 Å². The number of halogens is 2. The van der Waals surface area contributed by atoms with Gasteiger partial charge in [0.05, 0.1) is 17.0 Å². The van der Waals surface area contributed by atoms with Crippen molar-refractivity contribution >= 4 is 52.9 Å². The predicted octanol–water partition coefficient (Wildman–Crippen LogP) is 3.67. The number of methoxy groups -OCH3 is 1. The fraction of sp³-hybridized carbons (Fsp3) is 0.688. The van der Waals surface area contributed by atoms with Gasteiger partial charge in [-0.2, -0.15) is 0 Å². The highest BCUT2D eigenvalue weighted by atomic mass is 127. The number of aliphatic hydroxyl groups is 1. The highest BCUT2D eigenvalue weighted by Gasteiger charge is 2.24. The van der Waals surface area contributed by atoms with Gasteiger partial charge in [-0.3, -0.25) is 4.99 Å². The normalized spacial score (nSPS) is 14.7. The molecule has 2 unspecified atom stereocenters. The van der Waals surface area contributed by atoms with Crippen LogP contribution in [0.15, 0.2) is 17.1 Å². The molecule has 0 aromatic carbocycles. The number of aliphatic hydroxyl groups excluding tert-OH is 1. The van der Waals surface area contributed by atoms with Crippen LogP contribution in [0.3, 0.4) is 0 Å². The van der Waals surface area contributed by atoms with Gasteiger partial charge < -0.3 is 20.5 Å². The molecule has 1 rings (SSSR count). The van der Waals surface area contributed by atoms with E-state index in [1.165, 1.54) is 11.3 Å². The predicted molar refractivity (Wildman–Crippen MR) is 114 cm³/mol. The van der Waals surface area contributed by atoms with Crippen molar-refractivity contribution in [3.05, 3.63) is 21.3 Å². The van der Waals surface area contributed by atoms with E-state index in [-0.39, 0.29) is 35.5 Å². The van der Waals surface area contributed by atoms with Gasteiger partial charge in [0.2, 0.25) is 0 Å². The van der Waals surface area contributed by atoms with Gasteiger partial charge in [0.1, 0.15) is 6.10 Å². The Hall–Kier alpha value is -0.0900. The number of nitrogens with one attached hydrogen (secondary N) is 2. The van der Waals surface area contributed by atoms with Crippen LogP contribution in [0.25, 0.3) is 0 Å². The summed E-state index contributed by atoms with van der Waals surface area (Å²) in [5, 5.41) is 16.5. The quantitative estimate of drug-likeness (QED) is 0.311. The summed E-state index contributed by atoms with van der Waals surface area (Å²) in [5.41, 5.74) is 0.0167. The zero-order chi connectivity index (χ0) is 17.5. The first-order valence-corrected chi connectivity index (χ1v) is 8.95. The molecule has 5 nitrogen and oxygen atoms in total. The molecule has 0 aliphatic rings. The lowest BCUT2D eigenvalue weighted by atomic mass is 9.89. The summed E-state index contributed by atoms with van der Waals surface area (Å²) < 4.78 is 6.19. The zero-order valence-corrected chi connectivity index (χ0v) is 18.8. The van der Waals surface area contributed by atoms with Crippen molar-refractivity contribution in [3.8, 4) is 0 Å². The summed E-state index contributed by atoms with van der Waals surface area (Å²) in [6.07, 6.45) is -0.587. The van der Waals surface area contributed by atoms with Crippen LogP contribution < -0.4 is 10.6 Å². The molecule has 1 aromatic heterocycles. The topological polar surface area (TPSA) is 65.9 Å². The zero-order valence-electron chi connectivity index (χ0n) is 14.9. The Morgan fingerprint density at radius 2 is 2.04 bits per heavy atom. The second kappa shape index (κ2) is 11.5. The fourth-order valence-electron chi connectivity index (χ4n) is 2.02. The first-order chi connectivity index (χ1) is 10.8. The van der Waals surface area contributed by atoms with Crippen LogP contribution in [0.1, 0.15) is 38.7 Å². The average Bonchev–Trinajstić information content (AvgIpc) is 2.90. The number of guanidine groups is 1. The molecule has 0 saturated carbocycles. The number of hydrogen-bond donors (Lipinski definition) is 3. The molecule has 0 aliphatic carbocycles. The minimum absolute atomic E-state index is 0. The van der Waals surface area contributed by atoms with Crippen molar-refractivity contribution in [1.82, 2.24) is 10.6 Å². The number of ether oxygens (including phenoxy) is 1. The highest BCUT2D eigenvalue weighted by molar-refractivity contribution is 14.0. The molecule has 2 atom stereocenters. The third-order valence-electron chi connectivity index (χ3n) is 3.40. The molecule has 140 valence electrons. The Balaban J connectivity index is 0.00000529. The van der Waals surface area contributed by atoms with Crippen molar-refractivity contribution in [3.63, 3.8) is 0 Å². The number of thiophene rings is 1. The maximum absolute atomic E-state index is 10.2. The van der Waals surface area contributed by atoms with E-state index >= 15 is 0 Å². The number of rotatable bonds is 7. The Morgan fingerprint density at radius 1 is 1.38 bits per heavy atom. The Morgan fingerprint density at radius 3 is 2.50 bits per heavy atom. The Bertz CT molecular complexity index is 506. The van der Waals surface area contributed by atoms with Gasteiger partial charge in [-0.25, -0.2) is 0 Å². The summed E-state index contributed by atoms with van der Waals surface area (Å²) >= 11 is 7.28. The van der Waals surface area contributed by atoms with Crippen LogP contribution in [0.5, 0.6) is 0 Å². The SMILES string of the molecule is CCNC(=NCC(OC)C(C)(C)C)NCC(O)c1ccc(Cl)s1.I. The first-order valence-electron chi connectivity index (χ1n) is 7.76. The largest absolute Gasteiger partial charge is 0.386 e. The molecule has 3 N–H and O–H groups in total. The van der Waals surface area contributed by atoms with E-state index in [1.54, 1.807) is 13.2 Å². The third-order valence-corrected chi connectivity index (χ3v) is 4.73. The molecule has 8 heteroatoms. The van der Waals surface area contributed by atoms with Crippen molar-refractivity contribution in [2.24, 2.45) is 10.4 Å². The van der Waals surface area contributed by atoms with E-state index in [9.17, 15) is 5.11 Å². The van der Waals surface area contributed by atoms with Crippen LogP contribution in [0.4, 0.5) is 0 Å². The molecule has 1 aromatic rings. The van der Waals surface area contributed by atoms with Crippen molar-refractivity contribution in [1.29, 1.82) is 0 Å². The minimum Gasteiger partial charge on any atom is -0.386 e. The second-order valence-corrected chi connectivity index (χ2v) is 8.10. The van der Waals surface area contributed by atoms with E-state index in [2.05, 4.69) is 36.4 Å². The number of nitrogens with zero attached hydrogens (tertiary/aromatic N) is 1. The van der Waals surface area contributed by atoms with Gasteiger partial charge in [-0.15, -0.1) is 35.3 Å². The molecule has 1 heterocycles. The smallest absolute Gasteiger partial charge is 0.191 e. The molecule has 0 amide bonds. The molecular weight excluding hydrogens is 461 g/mol. The second-order valence-electron chi connectivity index (χ2n) is 6.35. The lowest BCUT2D eigenvalue weighted by molar-refractivity contribution is 0.0241. The van der Waals surface area contributed by atoms with Crippen LogP contribution >= 0.6 is 46.9 Å². The van der Waals surface area contributed by atoms with Gasteiger partial charge in [0, 0.05) is 25.1 Å². The maximum Gasteiger partial charge on any atom is 0.191 e. The Kier molecular flexibility index (Phi) is 11.5. The molecule has 0 radical (unpaired) electrons. The average molecular weight is 490 g/mol. The summed E-state index contributed by atoms with van der Waals surface area (Å²) in [7, 11) is 1.70. The van der Waals surface area contributed by atoms with E-state index in [1.807, 2.05) is 13.0 Å². The lowest BCUT2D eigenvalue weighted by Gasteiger charge is -2.28. The summed E-state index contributed by atoms with van der Waals surface area (Å²) in [6.45, 7) is 10.1. The molecule has 0 fully saturated rings. The molecule has 24 heavy (non-hydrogen) atoms. The summed E-state index contributed by atoms with van der Waals surface area (Å²) in [4.78, 5) is 5.39. The maximum atomic E-state index is 10.2. The lowest BCUT2D eigenvalue weighted by Crippen LogP contribution is -2.41. The fourth-order valence-corrected chi connectivity index (χ4v) is 3.07. The van der Waals surface area contributed by atoms with Gasteiger partial charge in [0.15, 0.2) is 5.96 Å². The van der Waals surface area contributed by atoms with E-state index < -0.39 is 6.10 Å². The van der Waals surface area contributed by atoms with E-state index in [0.29, 0.717) is 23.4 Å². The third kappa shape index (κ3) is 8.33. The molecule has 0 spiro atoms. The monoisotopic (exact) mass is 489 g/mol. The highest BCUT2D eigenvalue weighted by Crippen LogP contribution is 2.26. The van der Waals surface area contributed by atoms with E-state index in [0.717, 1.165) is 11.4 Å². The van der Waals surface area contributed by atoms with Gasteiger partial charge in [-0.05, 0) is 24.5 Å². The van der Waals surface area contributed by atoms with Crippen molar-refractivity contribution < 1.29 is 9.84 Å². The number of hydrogen-bond acceptors (Lipinski definition) is 4. The van der Waals surface area contributed by atoms with E-state index in [4.69, 9.17) is 16.3 Å². The van der Waals surface area contributed by atoms with Crippen LogP contribution in [0.2, 0.25) is 4.34 Å². The number of aliphatic imine (C=N–C) groups is 1. The summed E-state index contributed by atoms with van der Waals surface area (Å²) in [6, 6.07) is 3.63. The van der Waals surface area contributed by atoms with Gasteiger partial charge in [0.25, 0.3) is 0 Å². The van der Waals surface area contributed by atoms with Crippen LogP contribution in [-0.2, 0) is 4.74 Å². The van der Waals surface area contributed by atoms with Crippen LogP contribution in [-0.4, -0.2) is 43.9 Å².